The number of nitrogen functional groups attached to an aromatic ring is 1. The minimum absolute atomic E-state index is 0.0187. The maximum atomic E-state index is 9.54. The van der Waals surface area contributed by atoms with Crippen molar-refractivity contribution in [2.24, 2.45) is 10.2 Å². The molecule has 2 aromatic carbocycles. The van der Waals surface area contributed by atoms with Gasteiger partial charge in [0.25, 0.3) is 0 Å². The summed E-state index contributed by atoms with van der Waals surface area (Å²) in [4.78, 5) is 0. The summed E-state index contributed by atoms with van der Waals surface area (Å²) in [5, 5.41) is 26.7. The summed E-state index contributed by atoms with van der Waals surface area (Å²) >= 11 is 0. The van der Waals surface area contributed by atoms with Crippen LogP contribution in [0.1, 0.15) is 0 Å². The molecule has 0 radical (unpaired) electrons. The van der Waals surface area contributed by atoms with E-state index < -0.39 is 0 Å². The number of nitrogens with zero attached hydrogens (tertiary/aromatic N) is 2. The zero-order chi connectivity index (χ0) is 12.3. The van der Waals surface area contributed by atoms with Gasteiger partial charge in [0.1, 0.15) is 17.2 Å². The first-order valence-electron chi connectivity index (χ1n) is 4.95. The monoisotopic (exact) mass is 229 g/mol. The van der Waals surface area contributed by atoms with Crippen LogP contribution in [0.15, 0.2) is 52.7 Å². The number of aromatic hydroxyl groups is 2. The number of azo groups is 1. The van der Waals surface area contributed by atoms with Gasteiger partial charge in [-0.3, -0.25) is 0 Å². The second-order valence-corrected chi connectivity index (χ2v) is 3.40. The number of rotatable bonds is 2. The molecule has 0 heterocycles. The van der Waals surface area contributed by atoms with Gasteiger partial charge in [0.05, 0.1) is 5.69 Å². The third-order valence-electron chi connectivity index (χ3n) is 2.19. The maximum Gasteiger partial charge on any atom is 0.150 e. The van der Waals surface area contributed by atoms with Crippen molar-refractivity contribution >= 4 is 17.1 Å². The van der Waals surface area contributed by atoms with Crippen LogP contribution in [0.5, 0.6) is 11.5 Å². The van der Waals surface area contributed by atoms with Gasteiger partial charge in [-0.05, 0) is 24.3 Å². The van der Waals surface area contributed by atoms with Gasteiger partial charge < -0.3 is 15.9 Å². The van der Waals surface area contributed by atoms with Crippen LogP contribution in [0.25, 0.3) is 0 Å². The van der Waals surface area contributed by atoms with Crippen LogP contribution in [-0.2, 0) is 0 Å². The van der Waals surface area contributed by atoms with Crippen LogP contribution in [0.4, 0.5) is 17.1 Å². The van der Waals surface area contributed by atoms with Gasteiger partial charge in [0.15, 0.2) is 5.69 Å². The molecule has 0 aliphatic rings. The lowest BCUT2D eigenvalue weighted by Crippen LogP contribution is -1.84. The molecule has 0 aliphatic heterocycles. The fourth-order valence-electron chi connectivity index (χ4n) is 1.31. The molecule has 0 bridgehead atoms. The number of phenolic OH excluding ortho intramolecular Hbond substituents is 2. The van der Waals surface area contributed by atoms with E-state index in [2.05, 4.69) is 10.2 Å². The molecule has 17 heavy (non-hydrogen) atoms. The minimum atomic E-state index is -0.0517. The zero-order valence-electron chi connectivity index (χ0n) is 8.91. The number of para-hydroxylation sites is 1. The molecule has 4 N–H and O–H groups in total. The van der Waals surface area contributed by atoms with Crippen molar-refractivity contribution in [2.75, 3.05) is 5.73 Å². The predicted octanol–water partition coefficient (Wildman–Crippen LogP) is 3.10. The summed E-state index contributed by atoms with van der Waals surface area (Å²) in [5.41, 5.74) is 6.48. The number of benzene rings is 2. The Labute approximate surface area is 97.9 Å². The van der Waals surface area contributed by atoms with E-state index in [0.717, 1.165) is 0 Å². The Hall–Kier alpha value is -2.56. The second kappa shape index (κ2) is 4.52. The van der Waals surface area contributed by atoms with E-state index in [-0.39, 0.29) is 17.2 Å². The molecule has 5 nitrogen and oxygen atoms in total. The Morgan fingerprint density at radius 3 is 2.24 bits per heavy atom. The number of hydrogen-bond acceptors (Lipinski definition) is 5. The smallest absolute Gasteiger partial charge is 0.150 e. The lowest BCUT2D eigenvalue weighted by atomic mass is 10.2. The first-order valence-corrected chi connectivity index (χ1v) is 4.95. The Morgan fingerprint density at radius 1 is 0.824 bits per heavy atom. The first-order chi connectivity index (χ1) is 8.18. The molecule has 0 fully saturated rings. The normalized spacial score (nSPS) is 10.8. The average molecular weight is 229 g/mol. The standard InChI is InChI=1S/C12H11N3O2/c13-8-4-3-7-11(17)12(8)15-14-9-5-1-2-6-10(9)16/h1-7,16-17H,13H2. The quantitative estimate of drug-likeness (QED) is 0.545. The van der Waals surface area contributed by atoms with Crippen LogP contribution >= 0.6 is 0 Å². The second-order valence-electron chi connectivity index (χ2n) is 3.40. The van der Waals surface area contributed by atoms with Gasteiger partial charge in [0.2, 0.25) is 0 Å². The summed E-state index contributed by atoms with van der Waals surface area (Å²) in [6, 6.07) is 11.2. The number of anilines is 1. The largest absolute Gasteiger partial charge is 0.506 e. The Kier molecular flexibility index (Phi) is 2.91. The van der Waals surface area contributed by atoms with E-state index in [1.807, 2.05) is 0 Å². The lowest BCUT2D eigenvalue weighted by Gasteiger charge is -2.01. The molecule has 0 unspecified atom stereocenters. The van der Waals surface area contributed by atoms with Gasteiger partial charge >= 0.3 is 0 Å². The number of nitrogens with two attached hydrogens (primary N) is 1. The molecule has 0 saturated carbocycles. The van der Waals surface area contributed by atoms with Crippen molar-refractivity contribution < 1.29 is 10.2 Å². The predicted molar refractivity (Wildman–Crippen MR) is 64.8 cm³/mol. The van der Waals surface area contributed by atoms with Gasteiger partial charge in [-0.25, -0.2) is 0 Å². The molecule has 2 rings (SSSR count). The van der Waals surface area contributed by atoms with E-state index in [1.54, 1.807) is 30.3 Å². The molecule has 0 amide bonds. The molecule has 5 heteroatoms. The van der Waals surface area contributed by atoms with Crippen molar-refractivity contribution in [3.8, 4) is 11.5 Å². The van der Waals surface area contributed by atoms with Crippen LogP contribution < -0.4 is 5.73 Å². The highest BCUT2D eigenvalue weighted by Crippen LogP contribution is 2.35. The summed E-state index contributed by atoms with van der Waals surface area (Å²) < 4.78 is 0. The van der Waals surface area contributed by atoms with Crippen molar-refractivity contribution in [2.45, 2.75) is 0 Å². The highest BCUT2D eigenvalue weighted by Gasteiger charge is 2.04. The van der Waals surface area contributed by atoms with Crippen LogP contribution in [-0.4, -0.2) is 10.2 Å². The summed E-state index contributed by atoms with van der Waals surface area (Å²) in [6.07, 6.45) is 0. The fourth-order valence-corrected chi connectivity index (χ4v) is 1.31. The Bertz CT molecular complexity index is 547. The summed E-state index contributed by atoms with van der Waals surface area (Å²) in [5.74, 6) is -0.0330. The summed E-state index contributed by atoms with van der Waals surface area (Å²) in [7, 11) is 0. The first kappa shape index (κ1) is 10.9. The van der Waals surface area contributed by atoms with Crippen molar-refractivity contribution in [1.82, 2.24) is 0 Å². The van der Waals surface area contributed by atoms with Crippen LogP contribution in [0.3, 0.4) is 0 Å². The topological polar surface area (TPSA) is 91.2 Å². The van der Waals surface area contributed by atoms with E-state index in [9.17, 15) is 10.2 Å². The SMILES string of the molecule is Nc1cccc(O)c1N=Nc1ccccc1O. The molecule has 2 aromatic rings. The Morgan fingerprint density at radius 2 is 1.53 bits per heavy atom. The fraction of sp³-hybridized carbons (Fsp3) is 0. The molecule has 0 saturated heterocycles. The molecule has 0 atom stereocenters. The van der Waals surface area contributed by atoms with Crippen LogP contribution in [0.2, 0.25) is 0 Å². The molecule has 0 aromatic heterocycles. The Balaban J connectivity index is 2.36. The summed E-state index contributed by atoms with van der Waals surface area (Å²) in [6.45, 7) is 0. The number of phenols is 2. The van der Waals surface area contributed by atoms with Crippen molar-refractivity contribution in [3.63, 3.8) is 0 Å². The highest BCUT2D eigenvalue weighted by molar-refractivity contribution is 5.69. The van der Waals surface area contributed by atoms with Gasteiger partial charge in [-0.1, -0.05) is 18.2 Å². The third-order valence-corrected chi connectivity index (χ3v) is 2.19. The van der Waals surface area contributed by atoms with Crippen LogP contribution in [0, 0.1) is 0 Å². The lowest BCUT2D eigenvalue weighted by molar-refractivity contribution is 0.474. The van der Waals surface area contributed by atoms with E-state index in [0.29, 0.717) is 11.4 Å². The van der Waals surface area contributed by atoms with Crippen molar-refractivity contribution in [1.29, 1.82) is 0 Å². The molecular formula is C12H11N3O2. The third kappa shape index (κ3) is 2.34. The number of hydrogen-bond donors (Lipinski definition) is 3. The molecule has 0 spiro atoms. The minimum Gasteiger partial charge on any atom is -0.506 e. The van der Waals surface area contributed by atoms with Gasteiger partial charge in [0, 0.05) is 0 Å². The van der Waals surface area contributed by atoms with Gasteiger partial charge in [-0.15, -0.1) is 10.2 Å². The average Bonchev–Trinajstić information content (AvgIpc) is 2.30. The molecule has 86 valence electrons. The maximum absolute atomic E-state index is 9.54. The van der Waals surface area contributed by atoms with E-state index in [1.165, 1.54) is 12.1 Å². The molecular weight excluding hydrogens is 218 g/mol. The molecule has 0 aliphatic carbocycles. The highest BCUT2D eigenvalue weighted by atomic mass is 16.3. The van der Waals surface area contributed by atoms with Crippen molar-refractivity contribution in [3.05, 3.63) is 42.5 Å². The van der Waals surface area contributed by atoms with E-state index in [4.69, 9.17) is 5.73 Å². The van der Waals surface area contributed by atoms with Gasteiger partial charge in [-0.2, -0.15) is 0 Å². The van der Waals surface area contributed by atoms with E-state index >= 15 is 0 Å². The zero-order valence-corrected chi connectivity index (χ0v) is 8.91.